The number of hydrogen-bond donors (Lipinski definition) is 1. The number of aryl methyl sites for hydroxylation is 2. The number of benzene rings is 1. The zero-order valence-electron chi connectivity index (χ0n) is 12.1. The molecule has 21 heavy (non-hydrogen) atoms. The van der Waals surface area contributed by atoms with Gasteiger partial charge in [0.15, 0.2) is 0 Å². The fourth-order valence-corrected chi connectivity index (χ4v) is 2.44. The van der Waals surface area contributed by atoms with Crippen molar-refractivity contribution in [3.05, 3.63) is 35.5 Å². The maximum atomic E-state index is 4.59. The minimum absolute atomic E-state index is 0.540. The van der Waals surface area contributed by atoms with E-state index in [2.05, 4.69) is 53.1 Å². The summed E-state index contributed by atoms with van der Waals surface area (Å²) in [6.07, 6.45) is 1.72. The molecule has 3 aromatic rings. The highest BCUT2D eigenvalue weighted by Crippen LogP contribution is 2.27. The Morgan fingerprint density at radius 2 is 2.05 bits per heavy atom. The Hall–Kier alpha value is -2.15. The lowest BCUT2D eigenvalue weighted by Crippen LogP contribution is -2.01. The molecule has 0 spiro atoms. The Morgan fingerprint density at radius 3 is 2.76 bits per heavy atom. The average molecular weight is 300 g/mol. The van der Waals surface area contributed by atoms with Crippen LogP contribution in [0.15, 0.2) is 29.4 Å². The summed E-state index contributed by atoms with van der Waals surface area (Å²) in [5.74, 6) is 0.540. The van der Waals surface area contributed by atoms with E-state index in [-0.39, 0.29) is 0 Å². The quantitative estimate of drug-likeness (QED) is 0.755. The van der Waals surface area contributed by atoms with Crippen LogP contribution in [0, 0.1) is 13.8 Å². The molecular weight excluding hydrogens is 284 g/mol. The average Bonchev–Trinajstić information content (AvgIpc) is 3.08. The Bertz CT molecular complexity index is 789. The van der Waals surface area contributed by atoms with Crippen molar-refractivity contribution in [2.45, 2.75) is 32.3 Å². The van der Waals surface area contributed by atoms with E-state index in [0.717, 1.165) is 11.3 Å². The second kappa shape index (κ2) is 5.33. The maximum Gasteiger partial charge on any atom is 0.209 e. The lowest BCUT2D eigenvalue weighted by atomic mass is 10.1. The summed E-state index contributed by atoms with van der Waals surface area (Å²) in [5.41, 5.74) is 4.17. The first-order valence-corrected chi connectivity index (χ1v) is 7.18. The first kappa shape index (κ1) is 13.8. The fourth-order valence-electron chi connectivity index (χ4n) is 2.13. The standard InChI is InChI=1S/C14H16N6S/c1-4-19-17-13(16-18-19)11-8-15-20(14(11)21)12-7-5-6-9(2)10(12)3/h5-8,21H,4H2,1-3H3. The van der Waals surface area contributed by atoms with Gasteiger partial charge in [0, 0.05) is 0 Å². The van der Waals surface area contributed by atoms with Crippen LogP contribution in [0.5, 0.6) is 0 Å². The van der Waals surface area contributed by atoms with Crippen LogP contribution in [0.1, 0.15) is 18.1 Å². The Balaban J connectivity index is 2.09. The molecule has 0 saturated carbocycles. The predicted molar refractivity (Wildman–Crippen MR) is 82.8 cm³/mol. The summed E-state index contributed by atoms with van der Waals surface area (Å²) in [7, 11) is 0. The van der Waals surface area contributed by atoms with Gasteiger partial charge in [-0.25, -0.2) is 4.68 Å². The third-order valence-corrected chi connectivity index (χ3v) is 3.95. The van der Waals surface area contributed by atoms with E-state index in [0.29, 0.717) is 17.4 Å². The van der Waals surface area contributed by atoms with E-state index in [1.807, 2.05) is 19.1 Å². The topological polar surface area (TPSA) is 61.4 Å². The normalized spacial score (nSPS) is 11.0. The minimum atomic E-state index is 0.540. The van der Waals surface area contributed by atoms with Crippen molar-refractivity contribution in [1.82, 2.24) is 30.0 Å². The molecule has 7 heteroatoms. The largest absolute Gasteiger partial charge is 0.226 e. The molecule has 3 rings (SSSR count). The summed E-state index contributed by atoms with van der Waals surface area (Å²) in [6.45, 7) is 6.80. The van der Waals surface area contributed by atoms with E-state index in [9.17, 15) is 0 Å². The van der Waals surface area contributed by atoms with Crippen molar-refractivity contribution in [1.29, 1.82) is 0 Å². The zero-order chi connectivity index (χ0) is 15.0. The Morgan fingerprint density at radius 1 is 1.24 bits per heavy atom. The second-order valence-electron chi connectivity index (χ2n) is 4.81. The predicted octanol–water partition coefficient (Wildman–Crippen LogP) is 2.45. The molecule has 0 saturated heterocycles. The zero-order valence-corrected chi connectivity index (χ0v) is 13.0. The van der Waals surface area contributed by atoms with Gasteiger partial charge >= 0.3 is 0 Å². The fraction of sp³-hybridized carbons (Fsp3) is 0.286. The molecule has 108 valence electrons. The number of tetrazole rings is 1. The van der Waals surface area contributed by atoms with Crippen LogP contribution in [-0.2, 0) is 6.54 Å². The molecule has 0 atom stereocenters. The number of rotatable bonds is 3. The maximum absolute atomic E-state index is 4.59. The number of aromatic nitrogens is 6. The molecule has 0 fully saturated rings. The van der Waals surface area contributed by atoms with Crippen LogP contribution in [-0.4, -0.2) is 30.0 Å². The highest BCUT2D eigenvalue weighted by atomic mass is 32.1. The number of hydrogen-bond acceptors (Lipinski definition) is 5. The van der Waals surface area contributed by atoms with Gasteiger partial charge in [0.05, 0.1) is 24.0 Å². The third-order valence-electron chi connectivity index (χ3n) is 3.52. The second-order valence-corrected chi connectivity index (χ2v) is 5.24. The molecule has 6 nitrogen and oxygen atoms in total. The van der Waals surface area contributed by atoms with Gasteiger partial charge < -0.3 is 0 Å². The molecule has 0 N–H and O–H groups in total. The van der Waals surface area contributed by atoms with Crippen LogP contribution >= 0.6 is 12.6 Å². The first-order valence-electron chi connectivity index (χ1n) is 6.73. The van der Waals surface area contributed by atoms with Crippen molar-refractivity contribution in [3.8, 4) is 17.1 Å². The van der Waals surface area contributed by atoms with Gasteiger partial charge in [-0.05, 0) is 43.2 Å². The lowest BCUT2D eigenvalue weighted by molar-refractivity contribution is 0.552. The highest BCUT2D eigenvalue weighted by molar-refractivity contribution is 7.80. The minimum Gasteiger partial charge on any atom is -0.226 e. The molecule has 0 unspecified atom stereocenters. The van der Waals surface area contributed by atoms with Gasteiger partial charge in [0.2, 0.25) is 5.82 Å². The van der Waals surface area contributed by atoms with Gasteiger partial charge in [-0.2, -0.15) is 9.90 Å². The summed E-state index contributed by atoms with van der Waals surface area (Å²) in [5, 5.41) is 17.4. The highest BCUT2D eigenvalue weighted by Gasteiger charge is 2.16. The van der Waals surface area contributed by atoms with E-state index in [1.54, 1.807) is 10.9 Å². The van der Waals surface area contributed by atoms with E-state index in [1.165, 1.54) is 15.9 Å². The van der Waals surface area contributed by atoms with Crippen molar-refractivity contribution >= 4 is 12.6 Å². The lowest BCUT2D eigenvalue weighted by Gasteiger charge is -2.09. The van der Waals surface area contributed by atoms with Gasteiger partial charge in [-0.3, -0.25) is 0 Å². The summed E-state index contributed by atoms with van der Waals surface area (Å²) in [6, 6.07) is 6.11. The van der Waals surface area contributed by atoms with Crippen LogP contribution in [0.4, 0.5) is 0 Å². The SMILES string of the molecule is CCn1nnc(-c2cnn(-c3cccc(C)c3C)c2S)n1. The smallest absolute Gasteiger partial charge is 0.209 e. The molecule has 0 amide bonds. The molecule has 0 aliphatic carbocycles. The van der Waals surface area contributed by atoms with Gasteiger partial charge in [-0.15, -0.1) is 22.8 Å². The van der Waals surface area contributed by atoms with Crippen LogP contribution in [0.2, 0.25) is 0 Å². The van der Waals surface area contributed by atoms with Gasteiger partial charge in [0.25, 0.3) is 0 Å². The van der Waals surface area contributed by atoms with Crippen LogP contribution in [0.25, 0.3) is 17.1 Å². The van der Waals surface area contributed by atoms with E-state index in [4.69, 9.17) is 0 Å². The molecule has 2 aromatic heterocycles. The molecular formula is C14H16N6S. The van der Waals surface area contributed by atoms with Crippen LogP contribution in [0.3, 0.4) is 0 Å². The monoisotopic (exact) mass is 300 g/mol. The molecule has 2 heterocycles. The Kier molecular flexibility index (Phi) is 3.50. The molecule has 0 bridgehead atoms. The number of nitrogens with zero attached hydrogens (tertiary/aromatic N) is 6. The Labute approximate surface area is 128 Å². The third kappa shape index (κ3) is 2.33. The number of thiol groups is 1. The van der Waals surface area contributed by atoms with Crippen LogP contribution < -0.4 is 0 Å². The van der Waals surface area contributed by atoms with Crippen molar-refractivity contribution < 1.29 is 0 Å². The van der Waals surface area contributed by atoms with Gasteiger partial charge in [-0.1, -0.05) is 12.1 Å². The summed E-state index contributed by atoms with van der Waals surface area (Å²) >= 11 is 4.59. The summed E-state index contributed by atoms with van der Waals surface area (Å²) in [4.78, 5) is 1.54. The molecule has 0 radical (unpaired) electrons. The molecule has 1 aromatic carbocycles. The van der Waals surface area contributed by atoms with E-state index >= 15 is 0 Å². The van der Waals surface area contributed by atoms with Gasteiger partial charge in [0.1, 0.15) is 5.03 Å². The summed E-state index contributed by atoms with van der Waals surface area (Å²) < 4.78 is 1.80. The van der Waals surface area contributed by atoms with Crippen molar-refractivity contribution in [2.24, 2.45) is 0 Å². The first-order chi connectivity index (χ1) is 10.1. The molecule has 0 aliphatic rings. The van der Waals surface area contributed by atoms with E-state index < -0.39 is 0 Å². The van der Waals surface area contributed by atoms with Crippen molar-refractivity contribution in [2.75, 3.05) is 0 Å². The van der Waals surface area contributed by atoms with Crippen molar-refractivity contribution in [3.63, 3.8) is 0 Å². The molecule has 0 aliphatic heterocycles.